The van der Waals surface area contributed by atoms with E-state index in [2.05, 4.69) is 15.6 Å². The summed E-state index contributed by atoms with van der Waals surface area (Å²) in [6.07, 6.45) is 1.44. The second-order valence-corrected chi connectivity index (χ2v) is 5.51. The summed E-state index contributed by atoms with van der Waals surface area (Å²) in [5, 5.41) is 5.91. The molecule has 0 aliphatic rings. The summed E-state index contributed by atoms with van der Waals surface area (Å²) in [5.41, 5.74) is 2.02. The summed E-state index contributed by atoms with van der Waals surface area (Å²) in [6, 6.07) is 4.69. The number of nitrogens with one attached hydrogen (secondary N) is 2. The van der Waals surface area contributed by atoms with Gasteiger partial charge in [-0.1, -0.05) is 23.2 Å². The van der Waals surface area contributed by atoms with Gasteiger partial charge in [0, 0.05) is 15.7 Å². The van der Waals surface area contributed by atoms with Gasteiger partial charge in [0.25, 0.3) is 5.91 Å². The second-order valence-electron chi connectivity index (χ2n) is 3.75. The Kier molecular flexibility index (Phi) is 4.94. The van der Waals surface area contributed by atoms with E-state index < -0.39 is 0 Å². The van der Waals surface area contributed by atoms with Crippen LogP contribution in [0.4, 0.5) is 5.69 Å². The molecule has 2 aromatic rings. The Morgan fingerprint density at radius 2 is 1.90 bits per heavy atom. The van der Waals surface area contributed by atoms with Gasteiger partial charge in [-0.15, -0.1) is 11.3 Å². The lowest BCUT2D eigenvalue weighted by molar-refractivity contribution is -0.115. The molecule has 2 amide bonds. The molecular weight excluding hydrogens is 321 g/mol. The molecule has 8 heteroatoms. The first kappa shape index (κ1) is 14.8. The van der Waals surface area contributed by atoms with E-state index in [1.54, 1.807) is 23.7 Å². The number of benzene rings is 1. The van der Waals surface area contributed by atoms with Crippen LogP contribution in [0.2, 0.25) is 10.0 Å². The Labute approximate surface area is 128 Å². The van der Waals surface area contributed by atoms with Crippen LogP contribution < -0.4 is 10.6 Å². The van der Waals surface area contributed by atoms with Crippen molar-refractivity contribution in [3.8, 4) is 0 Å². The van der Waals surface area contributed by atoms with Crippen LogP contribution in [-0.4, -0.2) is 23.3 Å². The Bertz CT molecular complexity index is 611. The summed E-state index contributed by atoms with van der Waals surface area (Å²) in [7, 11) is 0. The van der Waals surface area contributed by atoms with Crippen molar-refractivity contribution < 1.29 is 9.59 Å². The maximum Gasteiger partial charge on any atom is 0.263 e. The van der Waals surface area contributed by atoms with E-state index >= 15 is 0 Å². The SMILES string of the molecule is O=C(CNC(=O)c1cncs1)Nc1cc(Cl)cc(Cl)c1. The first-order valence-corrected chi connectivity index (χ1v) is 7.11. The highest BCUT2D eigenvalue weighted by Crippen LogP contribution is 2.22. The van der Waals surface area contributed by atoms with Crippen LogP contribution in [0.3, 0.4) is 0 Å². The van der Waals surface area contributed by atoms with E-state index in [0.29, 0.717) is 20.6 Å². The normalized spacial score (nSPS) is 10.1. The molecule has 0 spiro atoms. The topological polar surface area (TPSA) is 71.1 Å². The van der Waals surface area contributed by atoms with Gasteiger partial charge < -0.3 is 10.6 Å². The quantitative estimate of drug-likeness (QED) is 0.905. The molecule has 0 bridgehead atoms. The fourth-order valence-electron chi connectivity index (χ4n) is 1.41. The largest absolute Gasteiger partial charge is 0.342 e. The predicted molar refractivity (Wildman–Crippen MR) is 79.5 cm³/mol. The zero-order valence-electron chi connectivity index (χ0n) is 10.0. The van der Waals surface area contributed by atoms with Crippen molar-refractivity contribution in [1.29, 1.82) is 0 Å². The molecule has 0 unspecified atom stereocenters. The molecule has 5 nitrogen and oxygen atoms in total. The van der Waals surface area contributed by atoms with E-state index in [-0.39, 0.29) is 18.4 Å². The molecular formula is C12H9Cl2N3O2S. The van der Waals surface area contributed by atoms with Crippen LogP contribution in [0.15, 0.2) is 29.9 Å². The van der Waals surface area contributed by atoms with Crippen LogP contribution in [0.1, 0.15) is 9.67 Å². The first-order chi connectivity index (χ1) is 9.54. The number of hydrogen-bond donors (Lipinski definition) is 2. The van der Waals surface area contributed by atoms with E-state index in [9.17, 15) is 9.59 Å². The van der Waals surface area contributed by atoms with Crippen molar-refractivity contribution in [1.82, 2.24) is 10.3 Å². The smallest absolute Gasteiger partial charge is 0.263 e. The Morgan fingerprint density at radius 1 is 1.20 bits per heavy atom. The molecule has 1 aromatic heterocycles. The van der Waals surface area contributed by atoms with Crippen LogP contribution in [-0.2, 0) is 4.79 Å². The number of rotatable bonds is 4. The van der Waals surface area contributed by atoms with Gasteiger partial charge >= 0.3 is 0 Å². The third-order valence-electron chi connectivity index (χ3n) is 2.21. The van der Waals surface area contributed by atoms with Crippen molar-refractivity contribution in [2.24, 2.45) is 0 Å². The molecule has 0 atom stereocenters. The van der Waals surface area contributed by atoms with Gasteiger partial charge in [0.15, 0.2) is 0 Å². The van der Waals surface area contributed by atoms with Gasteiger partial charge in [-0.2, -0.15) is 0 Å². The van der Waals surface area contributed by atoms with Gasteiger partial charge in [-0.25, -0.2) is 0 Å². The van der Waals surface area contributed by atoms with Gasteiger partial charge in [-0.3, -0.25) is 14.6 Å². The Hall–Kier alpha value is -1.63. The molecule has 1 aromatic carbocycles. The summed E-state index contributed by atoms with van der Waals surface area (Å²) >= 11 is 12.8. The highest BCUT2D eigenvalue weighted by Gasteiger charge is 2.09. The van der Waals surface area contributed by atoms with Crippen LogP contribution in [0.25, 0.3) is 0 Å². The highest BCUT2D eigenvalue weighted by molar-refractivity contribution is 7.11. The lowest BCUT2D eigenvalue weighted by atomic mass is 10.3. The number of nitrogens with zero attached hydrogens (tertiary/aromatic N) is 1. The minimum Gasteiger partial charge on any atom is -0.342 e. The summed E-state index contributed by atoms with van der Waals surface area (Å²) in [5.74, 6) is -0.715. The molecule has 0 saturated heterocycles. The first-order valence-electron chi connectivity index (χ1n) is 5.47. The maximum atomic E-state index is 11.7. The minimum atomic E-state index is -0.374. The van der Waals surface area contributed by atoms with Crippen molar-refractivity contribution in [3.63, 3.8) is 0 Å². The summed E-state index contributed by atoms with van der Waals surface area (Å²) in [6.45, 7) is -0.152. The number of anilines is 1. The summed E-state index contributed by atoms with van der Waals surface area (Å²) < 4.78 is 0. The number of carbonyl (C=O) groups excluding carboxylic acids is 2. The van der Waals surface area contributed by atoms with Gasteiger partial charge in [-0.05, 0) is 18.2 Å². The predicted octanol–water partition coefficient (Wildman–Crippen LogP) is 2.82. The van der Waals surface area contributed by atoms with Crippen LogP contribution in [0, 0.1) is 0 Å². The number of hydrogen-bond acceptors (Lipinski definition) is 4. The van der Waals surface area contributed by atoms with Crippen LogP contribution in [0.5, 0.6) is 0 Å². The molecule has 2 N–H and O–H groups in total. The third-order valence-corrected chi connectivity index (χ3v) is 3.42. The standard InChI is InChI=1S/C12H9Cl2N3O2S/c13-7-1-8(14)3-9(2-7)17-11(18)5-16-12(19)10-4-15-6-20-10/h1-4,6H,5H2,(H,16,19)(H,17,18). The van der Waals surface area contributed by atoms with Crippen LogP contribution >= 0.6 is 34.5 Å². The molecule has 2 rings (SSSR count). The zero-order valence-corrected chi connectivity index (χ0v) is 12.4. The lowest BCUT2D eigenvalue weighted by Crippen LogP contribution is -2.32. The van der Waals surface area contributed by atoms with Crippen molar-refractivity contribution in [3.05, 3.63) is 44.8 Å². The fourth-order valence-corrected chi connectivity index (χ4v) is 2.47. The van der Waals surface area contributed by atoms with Gasteiger partial charge in [0.1, 0.15) is 4.88 Å². The Morgan fingerprint density at radius 3 is 2.50 bits per heavy atom. The van der Waals surface area contributed by atoms with Crippen molar-refractivity contribution in [2.45, 2.75) is 0 Å². The van der Waals surface area contributed by atoms with Crippen molar-refractivity contribution >= 4 is 52.0 Å². The molecule has 0 saturated carbocycles. The van der Waals surface area contributed by atoms with E-state index in [1.807, 2.05) is 0 Å². The zero-order chi connectivity index (χ0) is 14.5. The monoisotopic (exact) mass is 329 g/mol. The molecule has 0 fully saturated rings. The number of carbonyl (C=O) groups is 2. The fraction of sp³-hybridized carbons (Fsp3) is 0.0833. The van der Waals surface area contributed by atoms with E-state index in [0.717, 1.165) is 0 Å². The maximum absolute atomic E-state index is 11.7. The number of halogens is 2. The summed E-state index contributed by atoms with van der Waals surface area (Å²) in [4.78, 5) is 27.5. The second kappa shape index (κ2) is 6.69. The lowest BCUT2D eigenvalue weighted by Gasteiger charge is -2.07. The number of thiazole rings is 1. The molecule has 20 heavy (non-hydrogen) atoms. The van der Waals surface area contributed by atoms with Gasteiger partial charge in [0.05, 0.1) is 18.3 Å². The number of aromatic nitrogens is 1. The average molecular weight is 330 g/mol. The average Bonchev–Trinajstić information content (AvgIpc) is 2.88. The molecule has 104 valence electrons. The van der Waals surface area contributed by atoms with E-state index in [1.165, 1.54) is 17.5 Å². The minimum absolute atomic E-state index is 0.152. The molecule has 0 aliphatic heterocycles. The molecule has 1 heterocycles. The number of amides is 2. The van der Waals surface area contributed by atoms with Crippen molar-refractivity contribution in [2.75, 3.05) is 11.9 Å². The highest BCUT2D eigenvalue weighted by atomic mass is 35.5. The third kappa shape index (κ3) is 4.19. The molecule has 0 aliphatic carbocycles. The molecule has 0 radical (unpaired) electrons. The Balaban J connectivity index is 1.88. The van der Waals surface area contributed by atoms with E-state index in [4.69, 9.17) is 23.2 Å². The van der Waals surface area contributed by atoms with Gasteiger partial charge in [0.2, 0.25) is 5.91 Å².